The molecular weight excluding hydrogens is 514 g/mol. The minimum atomic E-state index is -0.746. The van der Waals surface area contributed by atoms with Gasteiger partial charge < -0.3 is 4.74 Å². The van der Waals surface area contributed by atoms with Crippen molar-refractivity contribution in [2.45, 2.75) is 129 Å². The monoisotopic (exact) mass is 565 g/mol. The first-order valence-corrected chi connectivity index (χ1v) is 15.1. The molecule has 0 radical (unpaired) electrons. The molecule has 7 nitrogen and oxygen atoms in total. The fraction of sp³-hybridized carbons (Fsp3) is 0.618. The molecule has 2 fully saturated rings. The van der Waals surface area contributed by atoms with Crippen LogP contribution in [0.5, 0.6) is 0 Å². The summed E-state index contributed by atoms with van der Waals surface area (Å²) in [6, 6.07) is 17.8. The minimum absolute atomic E-state index is 0.0974. The molecule has 2 heterocycles. The van der Waals surface area contributed by atoms with Crippen LogP contribution >= 0.6 is 0 Å². The smallest absolute Gasteiger partial charge is 0.416 e. The van der Waals surface area contributed by atoms with Crippen LogP contribution in [0.25, 0.3) is 0 Å². The standard InChI is InChI=1S/C34H51N3O4/c1-31(2)21-15-22-32(3,4)36(31)40-25-27-19-13-14-20-28(27)35(30(38)39-9)29(26-17-11-10-12-18-26)41-37-33(5,6)23-16-24-34(37,7)8/h10-14,17-20,29H,15-16,21-25H2,1-9H3/t29-/m0/s1. The number of ether oxygens (including phenoxy) is 1. The summed E-state index contributed by atoms with van der Waals surface area (Å²) in [6.45, 7) is 18.1. The number of para-hydroxylation sites is 1. The Kier molecular flexibility index (Phi) is 9.25. The summed E-state index contributed by atoms with van der Waals surface area (Å²) in [7, 11) is 1.42. The average Bonchev–Trinajstić information content (AvgIpc) is 2.89. The number of piperidine rings is 2. The summed E-state index contributed by atoms with van der Waals surface area (Å²) >= 11 is 0. The summed E-state index contributed by atoms with van der Waals surface area (Å²) in [4.78, 5) is 28.9. The van der Waals surface area contributed by atoms with Crippen LogP contribution in [0.3, 0.4) is 0 Å². The van der Waals surface area contributed by atoms with Crippen molar-refractivity contribution in [2.75, 3.05) is 12.0 Å². The Hall–Kier alpha value is -2.45. The van der Waals surface area contributed by atoms with E-state index in [1.165, 1.54) is 13.5 Å². The van der Waals surface area contributed by atoms with E-state index in [1.807, 2.05) is 54.6 Å². The number of methoxy groups -OCH3 is 1. The SMILES string of the molecule is COC(=O)N(c1ccccc1CON1C(C)(C)CCCC1(C)C)[C@@H](ON1C(C)(C)CCCC1(C)C)c1ccccc1. The highest BCUT2D eigenvalue weighted by atomic mass is 16.7. The van der Waals surface area contributed by atoms with Crippen molar-refractivity contribution in [3.8, 4) is 0 Å². The van der Waals surface area contributed by atoms with E-state index in [0.717, 1.165) is 43.2 Å². The third-order valence-electron chi connectivity index (χ3n) is 8.85. The van der Waals surface area contributed by atoms with Gasteiger partial charge in [-0.25, -0.2) is 9.69 Å². The summed E-state index contributed by atoms with van der Waals surface area (Å²) in [5, 5.41) is 4.27. The third-order valence-corrected chi connectivity index (χ3v) is 8.85. The van der Waals surface area contributed by atoms with E-state index in [0.29, 0.717) is 12.3 Å². The van der Waals surface area contributed by atoms with Gasteiger partial charge in [-0.1, -0.05) is 48.5 Å². The summed E-state index contributed by atoms with van der Waals surface area (Å²) in [6.07, 6.45) is 5.20. The van der Waals surface area contributed by atoms with Crippen molar-refractivity contribution in [3.05, 3.63) is 65.7 Å². The van der Waals surface area contributed by atoms with Gasteiger partial charge >= 0.3 is 6.09 Å². The van der Waals surface area contributed by atoms with Gasteiger partial charge in [-0.15, -0.1) is 0 Å². The van der Waals surface area contributed by atoms with E-state index in [9.17, 15) is 4.79 Å². The molecule has 2 aromatic carbocycles. The molecule has 1 amide bonds. The molecule has 4 rings (SSSR count). The van der Waals surface area contributed by atoms with Crippen molar-refractivity contribution >= 4 is 11.8 Å². The normalized spacial score (nSPS) is 22.6. The number of benzene rings is 2. The summed E-state index contributed by atoms with van der Waals surface area (Å²) < 4.78 is 5.42. The van der Waals surface area contributed by atoms with Gasteiger partial charge in [-0.2, -0.15) is 10.1 Å². The molecule has 41 heavy (non-hydrogen) atoms. The number of rotatable bonds is 8. The lowest BCUT2D eigenvalue weighted by atomic mass is 9.82. The Morgan fingerprint density at radius 2 is 1.24 bits per heavy atom. The number of carbonyl (C=O) groups is 1. The van der Waals surface area contributed by atoms with Gasteiger partial charge in [-0.05, 0) is 100.0 Å². The lowest BCUT2D eigenvalue weighted by molar-refractivity contribution is -0.306. The van der Waals surface area contributed by atoms with Crippen LogP contribution in [0, 0.1) is 0 Å². The van der Waals surface area contributed by atoms with Crippen LogP contribution in [0.15, 0.2) is 54.6 Å². The number of hydrogen-bond donors (Lipinski definition) is 0. The van der Waals surface area contributed by atoms with E-state index >= 15 is 0 Å². The van der Waals surface area contributed by atoms with Gasteiger partial charge in [0.1, 0.15) is 0 Å². The molecule has 0 bridgehead atoms. The van der Waals surface area contributed by atoms with Gasteiger partial charge in [0.05, 0.1) is 19.4 Å². The van der Waals surface area contributed by atoms with Crippen molar-refractivity contribution in [2.24, 2.45) is 0 Å². The molecule has 0 saturated carbocycles. The first-order valence-electron chi connectivity index (χ1n) is 15.1. The van der Waals surface area contributed by atoms with E-state index < -0.39 is 12.3 Å². The summed E-state index contributed by atoms with van der Waals surface area (Å²) in [5.41, 5.74) is 1.82. The minimum Gasteiger partial charge on any atom is -0.452 e. The number of carbonyl (C=O) groups excluding carboxylic acids is 1. The maximum Gasteiger partial charge on any atom is 0.416 e. The largest absolute Gasteiger partial charge is 0.452 e. The maximum absolute atomic E-state index is 13.7. The zero-order chi connectivity index (χ0) is 30.1. The predicted molar refractivity (Wildman–Crippen MR) is 164 cm³/mol. The topological polar surface area (TPSA) is 54.5 Å². The van der Waals surface area contributed by atoms with Crippen LogP contribution in [-0.4, -0.2) is 45.5 Å². The number of amides is 1. The highest BCUT2D eigenvalue weighted by Gasteiger charge is 2.46. The fourth-order valence-corrected chi connectivity index (χ4v) is 6.98. The molecule has 2 aromatic rings. The number of anilines is 1. The Balaban J connectivity index is 1.76. The Morgan fingerprint density at radius 1 is 0.756 bits per heavy atom. The highest BCUT2D eigenvalue weighted by Crippen LogP contribution is 2.43. The Labute approximate surface area is 247 Å². The molecule has 2 aliphatic rings. The molecule has 226 valence electrons. The lowest BCUT2D eigenvalue weighted by Crippen LogP contribution is -2.59. The zero-order valence-corrected chi connectivity index (χ0v) is 26.7. The number of hydrogen-bond acceptors (Lipinski definition) is 6. The quantitative estimate of drug-likeness (QED) is 0.300. The summed E-state index contributed by atoms with van der Waals surface area (Å²) in [5.74, 6) is 0. The molecule has 0 unspecified atom stereocenters. The van der Waals surface area contributed by atoms with Crippen LogP contribution < -0.4 is 4.90 Å². The van der Waals surface area contributed by atoms with Crippen LogP contribution in [0.2, 0.25) is 0 Å². The molecule has 1 atom stereocenters. The first-order chi connectivity index (χ1) is 19.2. The number of nitrogens with zero attached hydrogens (tertiary/aromatic N) is 3. The number of hydroxylamine groups is 4. The van der Waals surface area contributed by atoms with Crippen molar-refractivity contribution in [3.63, 3.8) is 0 Å². The second-order valence-corrected chi connectivity index (χ2v) is 14.2. The molecule has 0 N–H and O–H groups in total. The lowest BCUT2D eigenvalue weighted by Gasteiger charge is -2.53. The van der Waals surface area contributed by atoms with Crippen LogP contribution in [0.1, 0.15) is 111 Å². The van der Waals surface area contributed by atoms with E-state index in [1.54, 1.807) is 4.90 Å². The molecule has 7 heteroatoms. The van der Waals surface area contributed by atoms with Crippen molar-refractivity contribution < 1.29 is 19.2 Å². The van der Waals surface area contributed by atoms with Gasteiger partial charge in [-0.3, -0.25) is 9.68 Å². The molecule has 0 aromatic heterocycles. The third kappa shape index (κ3) is 6.80. The second-order valence-electron chi connectivity index (χ2n) is 14.2. The van der Waals surface area contributed by atoms with Gasteiger partial charge in [0, 0.05) is 33.3 Å². The van der Waals surface area contributed by atoms with Crippen LogP contribution in [0.4, 0.5) is 10.5 Å². The zero-order valence-electron chi connectivity index (χ0n) is 26.7. The van der Waals surface area contributed by atoms with E-state index in [-0.39, 0.29) is 22.2 Å². The fourth-order valence-electron chi connectivity index (χ4n) is 6.98. The van der Waals surface area contributed by atoms with Crippen molar-refractivity contribution in [1.29, 1.82) is 0 Å². The first kappa shape index (κ1) is 31.5. The van der Waals surface area contributed by atoms with Gasteiger partial charge in [0.2, 0.25) is 0 Å². The maximum atomic E-state index is 13.7. The van der Waals surface area contributed by atoms with E-state index in [2.05, 4.69) is 65.5 Å². The van der Waals surface area contributed by atoms with Gasteiger partial charge in [0.15, 0.2) is 6.23 Å². The molecular formula is C34H51N3O4. The second kappa shape index (κ2) is 12.0. The predicted octanol–water partition coefficient (Wildman–Crippen LogP) is 8.41. The molecule has 2 saturated heterocycles. The molecule has 0 aliphatic carbocycles. The van der Waals surface area contributed by atoms with E-state index in [4.69, 9.17) is 14.4 Å². The molecule has 2 aliphatic heterocycles. The average molecular weight is 566 g/mol. The van der Waals surface area contributed by atoms with Gasteiger partial charge in [0.25, 0.3) is 0 Å². The van der Waals surface area contributed by atoms with Crippen molar-refractivity contribution in [1.82, 2.24) is 10.1 Å². The highest BCUT2D eigenvalue weighted by molar-refractivity contribution is 5.89. The van der Waals surface area contributed by atoms with Crippen LogP contribution in [-0.2, 0) is 21.0 Å². The molecule has 0 spiro atoms. The Morgan fingerprint density at radius 3 is 1.78 bits per heavy atom. The Bertz CT molecular complexity index is 1150.